The molecule has 0 unspecified atom stereocenters. The lowest BCUT2D eigenvalue weighted by molar-refractivity contribution is 0.583. The van der Waals surface area contributed by atoms with Crippen LogP contribution in [0.15, 0.2) is 57.9 Å². The van der Waals surface area contributed by atoms with E-state index in [2.05, 4.69) is 51.8 Å². The van der Waals surface area contributed by atoms with Crippen LogP contribution in [-0.4, -0.2) is 20.7 Å². The number of halogens is 1. The molecule has 6 heteroatoms. The Bertz CT molecular complexity index is 715. The van der Waals surface area contributed by atoms with E-state index in [0.29, 0.717) is 11.0 Å². The van der Waals surface area contributed by atoms with Gasteiger partial charge in [-0.05, 0) is 40.5 Å². The SMILES string of the molecule is Cc1ccc(CSCCNS(=O)(=O)c2ccccc2Br)cc1. The molecule has 0 atom stereocenters. The van der Waals surface area contributed by atoms with E-state index in [-0.39, 0.29) is 4.90 Å². The molecular weight excluding hydrogens is 382 g/mol. The molecule has 118 valence electrons. The van der Waals surface area contributed by atoms with E-state index in [1.165, 1.54) is 11.1 Å². The zero-order valence-corrected chi connectivity index (χ0v) is 15.5. The third-order valence-corrected chi connectivity index (χ3v) is 6.56. The molecule has 0 spiro atoms. The number of sulfonamides is 1. The predicted octanol–water partition coefficient (Wildman–Crippen LogP) is 3.97. The smallest absolute Gasteiger partial charge is 0.210 e. The van der Waals surface area contributed by atoms with Crippen molar-refractivity contribution in [2.45, 2.75) is 17.6 Å². The standard InChI is InChI=1S/C16H18BrNO2S2/c1-13-6-8-14(9-7-13)12-21-11-10-18-22(19,20)16-5-3-2-4-15(16)17/h2-9,18H,10-12H2,1H3. The number of aryl methyl sites for hydroxylation is 1. The van der Waals surface area contributed by atoms with Crippen LogP contribution in [0.2, 0.25) is 0 Å². The molecule has 2 aromatic carbocycles. The van der Waals surface area contributed by atoms with Crippen molar-refractivity contribution in [2.75, 3.05) is 12.3 Å². The van der Waals surface area contributed by atoms with Crippen molar-refractivity contribution in [3.63, 3.8) is 0 Å². The van der Waals surface area contributed by atoms with Gasteiger partial charge in [0.15, 0.2) is 0 Å². The lowest BCUT2D eigenvalue weighted by atomic mass is 10.2. The summed E-state index contributed by atoms with van der Waals surface area (Å²) in [4.78, 5) is 0.276. The van der Waals surface area contributed by atoms with Crippen molar-refractivity contribution in [2.24, 2.45) is 0 Å². The van der Waals surface area contributed by atoms with Gasteiger partial charge in [-0.25, -0.2) is 13.1 Å². The molecule has 22 heavy (non-hydrogen) atoms. The summed E-state index contributed by atoms with van der Waals surface area (Å²) >= 11 is 4.98. The van der Waals surface area contributed by atoms with E-state index in [1.54, 1.807) is 36.0 Å². The third-order valence-electron chi connectivity index (χ3n) is 3.05. The summed E-state index contributed by atoms with van der Waals surface area (Å²) < 4.78 is 27.6. The Kier molecular flexibility index (Phi) is 6.50. The van der Waals surface area contributed by atoms with E-state index in [9.17, 15) is 8.42 Å². The van der Waals surface area contributed by atoms with Crippen LogP contribution in [-0.2, 0) is 15.8 Å². The Morgan fingerprint density at radius 2 is 1.77 bits per heavy atom. The van der Waals surface area contributed by atoms with Crippen LogP contribution in [0.3, 0.4) is 0 Å². The molecule has 0 heterocycles. The first-order valence-electron chi connectivity index (χ1n) is 6.86. The maximum atomic E-state index is 12.2. The van der Waals surface area contributed by atoms with Gasteiger partial charge in [-0.1, -0.05) is 42.0 Å². The number of rotatable bonds is 7. The molecule has 0 fully saturated rings. The predicted molar refractivity (Wildman–Crippen MR) is 96.7 cm³/mol. The van der Waals surface area contributed by atoms with Gasteiger partial charge in [0.05, 0.1) is 4.90 Å². The molecule has 0 saturated heterocycles. The van der Waals surface area contributed by atoms with Gasteiger partial charge in [0.25, 0.3) is 0 Å². The second-order valence-corrected chi connectivity index (χ2v) is 8.56. The van der Waals surface area contributed by atoms with Crippen LogP contribution in [0.5, 0.6) is 0 Å². The highest BCUT2D eigenvalue weighted by Crippen LogP contribution is 2.21. The molecule has 0 aliphatic rings. The van der Waals surface area contributed by atoms with Crippen molar-refractivity contribution < 1.29 is 8.42 Å². The summed E-state index contributed by atoms with van der Waals surface area (Å²) in [6.07, 6.45) is 0. The Hall–Kier alpha value is -0.820. The van der Waals surface area contributed by atoms with Gasteiger partial charge in [-0.15, -0.1) is 0 Å². The van der Waals surface area contributed by atoms with Crippen LogP contribution in [0.4, 0.5) is 0 Å². The Balaban J connectivity index is 1.79. The minimum atomic E-state index is -3.45. The van der Waals surface area contributed by atoms with Crippen LogP contribution in [0.25, 0.3) is 0 Å². The molecule has 0 aromatic heterocycles. The monoisotopic (exact) mass is 399 g/mol. The first kappa shape index (κ1) is 17.5. The molecule has 0 saturated carbocycles. The van der Waals surface area contributed by atoms with Gasteiger partial charge < -0.3 is 0 Å². The average molecular weight is 400 g/mol. The van der Waals surface area contributed by atoms with Crippen LogP contribution < -0.4 is 4.72 Å². The lowest BCUT2D eigenvalue weighted by Gasteiger charge is -2.08. The van der Waals surface area contributed by atoms with Gasteiger partial charge in [0.1, 0.15) is 0 Å². The van der Waals surface area contributed by atoms with Crippen LogP contribution in [0, 0.1) is 6.92 Å². The molecule has 0 bridgehead atoms. The minimum absolute atomic E-state index is 0.276. The minimum Gasteiger partial charge on any atom is -0.210 e. The zero-order valence-electron chi connectivity index (χ0n) is 12.3. The fourth-order valence-corrected chi connectivity index (χ4v) is 4.84. The topological polar surface area (TPSA) is 46.2 Å². The first-order chi connectivity index (χ1) is 10.5. The number of hydrogen-bond donors (Lipinski definition) is 1. The van der Waals surface area contributed by atoms with Gasteiger partial charge in [-0.2, -0.15) is 11.8 Å². The van der Waals surface area contributed by atoms with E-state index in [1.807, 2.05) is 0 Å². The molecule has 0 radical (unpaired) electrons. The van der Waals surface area contributed by atoms with Crippen LogP contribution >= 0.6 is 27.7 Å². The Labute approximate surface area is 144 Å². The number of benzene rings is 2. The molecule has 2 rings (SSSR count). The summed E-state index contributed by atoms with van der Waals surface area (Å²) in [6.45, 7) is 2.48. The molecule has 0 aliphatic heterocycles. The highest BCUT2D eigenvalue weighted by Gasteiger charge is 2.15. The summed E-state index contributed by atoms with van der Waals surface area (Å²) in [7, 11) is -3.45. The summed E-state index contributed by atoms with van der Waals surface area (Å²) in [5.74, 6) is 1.62. The maximum Gasteiger partial charge on any atom is 0.241 e. The van der Waals surface area contributed by atoms with Crippen LogP contribution in [0.1, 0.15) is 11.1 Å². The Morgan fingerprint density at radius 3 is 2.45 bits per heavy atom. The lowest BCUT2D eigenvalue weighted by Crippen LogP contribution is -2.26. The summed E-state index contributed by atoms with van der Waals surface area (Å²) in [5.41, 5.74) is 2.50. The maximum absolute atomic E-state index is 12.2. The molecule has 3 nitrogen and oxygen atoms in total. The number of nitrogens with one attached hydrogen (secondary N) is 1. The van der Waals surface area contributed by atoms with Gasteiger partial charge >= 0.3 is 0 Å². The second-order valence-electron chi connectivity index (χ2n) is 4.87. The van der Waals surface area contributed by atoms with E-state index in [4.69, 9.17) is 0 Å². The van der Waals surface area contributed by atoms with Crippen molar-refractivity contribution in [3.05, 3.63) is 64.1 Å². The van der Waals surface area contributed by atoms with Crippen molar-refractivity contribution in [1.82, 2.24) is 4.72 Å². The second kappa shape index (κ2) is 8.15. The highest BCUT2D eigenvalue weighted by molar-refractivity contribution is 9.10. The van der Waals surface area contributed by atoms with Gasteiger partial charge in [0.2, 0.25) is 10.0 Å². The van der Waals surface area contributed by atoms with E-state index in [0.717, 1.165) is 11.5 Å². The van der Waals surface area contributed by atoms with Crippen molar-refractivity contribution >= 4 is 37.7 Å². The summed E-state index contributed by atoms with van der Waals surface area (Å²) in [6, 6.07) is 15.2. The number of thioether (sulfide) groups is 1. The zero-order chi connectivity index (χ0) is 16.0. The average Bonchev–Trinajstić information content (AvgIpc) is 2.49. The normalized spacial score (nSPS) is 11.5. The number of hydrogen-bond acceptors (Lipinski definition) is 3. The quantitative estimate of drug-likeness (QED) is 0.716. The third kappa shape index (κ3) is 5.12. The molecule has 0 amide bonds. The van der Waals surface area contributed by atoms with Crippen molar-refractivity contribution in [1.29, 1.82) is 0 Å². The Morgan fingerprint density at radius 1 is 1.09 bits per heavy atom. The molecule has 2 aromatic rings. The fourth-order valence-electron chi connectivity index (χ4n) is 1.86. The molecular formula is C16H18BrNO2S2. The first-order valence-corrected chi connectivity index (χ1v) is 10.3. The van der Waals surface area contributed by atoms with Crippen molar-refractivity contribution in [3.8, 4) is 0 Å². The molecule has 1 N–H and O–H groups in total. The van der Waals surface area contributed by atoms with E-state index < -0.39 is 10.0 Å². The van der Waals surface area contributed by atoms with Gasteiger partial charge in [0, 0.05) is 22.5 Å². The summed E-state index contributed by atoms with van der Waals surface area (Å²) in [5, 5.41) is 0. The largest absolute Gasteiger partial charge is 0.241 e. The highest BCUT2D eigenvalue weighted by atomic mass is 79.9. The fraction of sp³-hybridized carbons (Fsp3) is 0.250. The molecule has 0 aliphatic carbocycles. The van der Waals surface area contributed by atoms with Gasteiger partial charge in [-0.3, -0.25) is 0 Å². The van der Waals surface area contributed by atoms with E-state index >= 15 is 0 Å².